The highest BCUT2D eigenvalue weighted by molar-refractivity contribution is 5.85. The van der Waals surface area contributed by atoms with Crippen LogP contribution < -0.4 is 0 Å². The molecule has 1 aliphatic heterocycles. The highest BCUT2D eigenvalue weighted by Gasteiger charge is 2.38. The summed E-state index contributed by atoms with van der Waals surface area (Å²) in [5.41, 5.74) is 0.478. The second kappa shape index (κ2) is 10.7. The van der Waals surface area contributed by atoms with E-state index < -0.39 is 5.60 Å². The molecule has 1 aliphatic carbocycles. The maximum absolute atomic E-state index is 11.7. The Balaban J connectivity index is 0.00000156. The summed E-state index contributed by atoms with van der Waals surface area (Å²) in [5, 5.41) is 11.7. The molecule has 0 bridgehead atoms. The summed E-state index contributed by atoms with van der Waals surface area (Å²) in [6.45, 7) is 5.56. The van der Waals surface area contributed by atoms with Crippen molar-refractivity contribution in [1.82, 2.24) is 9.80 Å². The van der Waals surface area contributed by atoms with Crippen LogP contribution >= 0.6 is 24.8 Å². The lowest BCUT2D eigenvalue weighted by atomic mass is 9.71. The van der Waals surface area contributed by atoms with Gasteiger partial charge in [-0.05, 0) is 37.8 Å². The number of aliphatic hydroxyl groups is 1. The zero-order valence-electron chi connectivity index (χ0n) is 15.4. The van der Waals surface area contributed by atoms with Gasteiger partial charge in [0.05, 0.1) is 5.60 Å². The first-order valence-corrected chi connectivity index (χ1v) is 9.37. The molecule has 1 unspecified atom stereocenters. The van der Waals surface area contributed by atoms with E-state index >= 15 is 0 Å². The van der Waals surface area contributed by atoms with Gasteiger partial charge in [-0.1, -0.05) is 49.6 Å². The number of piperazine rings is 1. The van der Waals surface area contributed by atoms with Crippen LogP contribution in [0.3, 0.4) is 0 Å². The van der Waals surface area contributed by atoms with E-state index in [1.54, 1.807) is 0 Å². The van der Waals surface area contributed by atoms with Crippen LogP contribution in [0.4, 0.5) is 0 Å². The topological polar surface area (TPSA) is 26.7 Å². The van der Waals surface area contributed by atoms with Gasteiger partial charge in [0, 0.05) is 32.7 Å². The third-order valence-corrected chi connectivity index (χ3v) is 5.96. The molecule has 1 saturated carbocycles. The van der Waals surface area contributed by atoms with E-state index in [-0.39, 0.29) is 24.8 Å². The zero-order chi connectivity index (χ0) is 16.1. The molecule has 1 saturated heterocycles. The van der Waals surface area contributed by atoms with E-state index in [0.717, 1.165) is 44.7 Å². The van der Waals surface area contributed by atoms with E-state index in [2.05, 4.69) is 41.1 Å². The van der Waals surface area contributed by atoms with Crippen molar-refractivity contribution in [3.63, 3.8) is 0 Å². The number of halogens is 2. The average molecular weight is 389 g/mol. The van der Waals surface area contributed by atoms with E-state index in [4.69, 9.17) is 0 Å². The summed E-state index contributed by atoms with van der Waals surface area (Å²) in [4.78, 5) is 4.91. The Bertz CT molecular complexity index is 474. The van der Waals surface area contributed by atoms with Gasteiger partial charge in [-0.25, -0.2) is 0 Å². The lowest BCUT2D eigenvalue weighted by Crippen LogP contribution is -2.47. The molecule has 144 valence electrons. The van der Waals surface area contributed by atoms with Gasteiger partial charge in [0.15, 0.2) is 0 Å². The van der Waals surface area contributed by atoms with Crippen molar-refractivity contribution < 1.29 is 5.11 Å². The highest BCUT2D eigenvalue weighted by atomic mass is 35.5. The van der Waals surface area contributed by atoms with Gasteiger partial charge in [-0.3, -0.25) is 0 Å². The first-order chi connectivity index (χ1) is 11.2. The zero-order valence-corrected chi connectivity index (χ0v) is 17.0. The number of benzene rings is 1. The summed E-state index contributed by atoms with van der Waals surface area (Å²) in [6, 6.07) is 10.4. The average Bonchev–Trinajstić information content (AvgIpc) is 2.62. The second-order valence-corrected chi connectivity index (χ2v) is 7.52. The van der Waals surface area contributed by atoms with Crippen molar-refractivity contribution in [3.05, 3.63) is 35.9 Å². The van der Waals surface area contributed by atoms with Crippen LogP contribution in [-0.2, 0) is 5.60 Å². The van der Waals surface area contributed by atoms with Gasteiger partial charge >= 0.3 is 0 Å². The van der Waals surface area contributed by atoms with Gasteiger partial charge in [-0.15, -0.1) is 24.8 Å². The Labute approximate surface area is 165 Å². The molecule has 0 spiro atoms. The van der Waals surface area contributed by atoms with Gasteiger partial charge in [0.1, 0.15) is 0 Å². The molecule has 1 aromatic carbocycles. The van der Waals surface area contributed by atoms with E-state index in [1.165, 1.54) is 32.1 Å². The third kappa shape index (κ3) is 5.83. The fraction of sp³-hybridized carbons (Fsp3) is 0.700. The number of likely N-dealkylation sites (N-methyl/N-ethyl adjacent to an activating group) is 1. The molecule has 25 heavy (non-hydrogen) atoms. The lowest BCUT2D eigenvalue weighted by molar-refractivity contribution is -0.0538. The third-order valence-electron chi connectivity index (χ3n) is 5.96. The second-order valence-electron chi connectivity index (χ2n) is 7.52. The molecule has 2 fully saturated rings. The quantitative estimate of drug-likeness (QED) is 0.827. The molecule has 1 heterocycles. The van der Waals surface area contributed by atoms with Gasteiger partial charge < -0.3 is 14.9 Å². The molecule has 3 rings (SSSR count). The SMILES string of the molecule is CN1CCN(CCC(O)(c2ccccc2)C2CCCCC2)CC1.Cl.Cl. The molecule has 0 aromatic heterocycles. The Morgan fingerprint density at radius 2 is 1.56 bits per heavy atom. The van der Waals surface area contributed by atoms with Crippen molar-refractivity contribution >= 4 is 24.8 Å². The number of hydrogen-bond donors (Lipinski definition) is 1. The van der Waals surface area contributed by atoms with E-state index in [1.807, 2.05) is 6.07 Å². The predicted molar refractivity (Wildman–Crippen MR) is 110 cm³/mol. The summed E-state index contributed by atoms with van der Waals surface area (Å²) >= 11 is 0. The molecule has 1 atom stereocenters. The molecule has 5 heteroatoms. The van der Waals surface area contributed by atoms with Crippen LogP contribution in [0.15, 0.2) is 30.3 Å². The van der Waals surface area contributed by atoms with Crippen molar-refractivity contribution in [2.45, 2.75) is 44.1 Å². The minimum atomic E-state index is -0.648. The highest BCUT2D eigenvalue weighted by Crippen LogP contribution is 2.41. The maximum Gasteiger partial charge on any atom is 0.0936 e. The van der Waals surface area contributed by atoms with Crippen LogP contribution in [0.5, 0.6) is 0 Å². The van der Waals surface area contributed by atoms with Gasteiger partial charge in [0.25, 0.3) is 0 Å². The van der Waals surface area contributed by atoms with Crippen LogP contribution in [-0.4, -0.2) is 54.7 Å². The Hall–Kier alpha value is -0.320. The Kier molecular flexibility index (Phi) is 9.76. The fourth-order valence-corrected chi connectivity index (χ4v) is 4.29. The predicted octanol–water partition coefficient (Wildman–Crippen LogP) is 3.94. The molecule has 2 aliphatic rings. The molecule has 1 aromatic rings. The minimum Gasteiger partial charge on any atom is -0.385 e. The summed E-state index contributed by atoms with van der Waals surface area (Å²) in [5.74, 6) is 0.422. The minimum absolute atomic E-state index is 0. The van der Waals surface area contributed by atoms with E-state index in [0.29, 0.717) is 5.92 Å². The number of nitrogens with zero attached hydrogens (tertiary/aromatic N) is 2. The van der Waals surface area contributed by atoms with Gasteiger partial charge in [0.2, 0.25) is 0 Å². The van der Waals surface area contributed by atoms with Crippen molar-refractivity contribution in [2.24, 2.45) is 5.92 Å². The van der Waals surface area contributed by atoms with Crippen molar-refractivity contribution in [2.75, 3.05) is 39.8 Å². The summed E-state index contributed by atoms with van der Waals surface area (Å²) in [7, 11) is 2.19. The van der Waals surface area contributed by atoms with Crippen molar-refractivity contribution in [3.8, 4) is 0 Å². The maximum atomic E-state index is 11.7. The molecule has 0 radical (unpaired) electrons. The normalized spacial score (nSPS) is 22.5. The Morgan fingerprint density at radius 1 is 0.960 bits per heavy atom. The molecule has 3 nitrogen and oxygen atoms in total. The smallest absolute Gasteiger partial charge is 0.0936 e. The first-order valence-electron chi connectivity index (χ1n) is 9.37. The van der Waals surface area contributed by atoms with Crippen molar-refractivity contribution in [1.29, 1.82) is 0 Å². The number of rotatable bonds is 5. The molecular formula is C20H34Cl2N2O. The van der Waals surface area contributed by atoms with Crippen LogP contribution in [0, 0.1) is 5.92 Å². The first kappa shape index (κ1) is 22.7. The van der Waals surface area contributed by atoms with E-state index in [9.17, 15) is 5.11 Å². The molecule has 0 amide bonds. The Morgan fingerprint density at radius 3 is 2.16 bits per heavy atom. The van der Waals surface area contributed by atoms with Crippen LogP contribution in [0.1, 0.15) is 44.1 Å². The summed E-state index contributed by atoms with van der Waals surface area (Å²) in [6.07, 6.45) is 7.09. The molecule has 1 N–H and O–H groups in total. The van der Waals surface area contributed by atoms with Crippen LogP contribution in [0.25, 0.3) is 0 Å². The largest absolute Gasteiger partial charge is 0.385 e. The van der Waals surface area contributed by atoms with Gasteiger partial charge in [-0.2, -0.15) is 0 Å². The van der Waals surface area contributed by atoms with Crippen LogP contribution in [0.2, 0.25) is 0 Å². The fourth-order valence-electron chi connectivity index (χ4n) is 4.29. The monoisotopic (exact) mass is 388 g/mol. The number of hydrogen-bond acceptors (Lipinski definition) is 3. The lowest BCUT2D eigenvalue weighted by Gasteiger charge is -2.41. The summed E-state index contributed by atoms with van der Waals surface area (Å²) < 4.78 is 0. The molecular weight excluding hydrogens is 355 g/mol. The standard InChI is InChI=1S/C20H32N2O.2ClH/c1-21-14-16-22(17-15-21)13-12-20(23,18-8-4-2-5-9-18)19-10-6-3-7-11-19;;/h2,4-5,8-9,19,23H,3,6-7,10-17H2,1H3;2*1H.